The van der Waals surface area contributed by atoms with Gasteiger partial charge in [-0.15, -0.1) is 6.58 Å². The Morgan fingerprint density at radius 1 is 1.16 bits per heavy atom. The standard InChI is InChI=1S/C15H32O3Si/c1-8-9-13(16)11-14(17)10-12(2)18-19(6,7)15(3,4)5/h8,12-14,16-17H,1,9-11H2,2-7H3/t12-,13+,14-/m0/s1. The number of rotatable bonds is 8. The second kappa shape index (κ2) is 7.57. The molecule has 0 spiro atoms. The van der Waals surface area contributed by atoms with Crippen molar-refractivity contribution in [3.63, 3.8) is 0 Å². The molecule has 0 aromatic carbocycles. The lowest BCUT2D eigenvalue weighted by Crippen LogP contribution is -2.44. The van der Waals surface area contributed by atoms with Gasteiger partial charge in [0.05, 0.1) is 12.2 Å². The van der Waals surface area contributed by atoms with E-state index in [-0.39, 0.29) is 11.1 Å². The fraction of sp³-hybridized carbons (Fsp3) is 0.867. The molecule has 0 saturated heterocycles. The summed E-state index contributed by atoms with van der Waals surface area (Å²) in [6, 6.07) is 0. The summed E-state index contributed by atoms with van der Waals surface area (Å²) in [4.78, 5) is 0. The average Bonchev–Trinajstić information content (AvgIpc) is 2.13. The molecule has 0 heterocycles. The zero-order valence-electron chi connectivity index (χ0n) is 13.4. The van der Waals surface area contributed by atoms with Crippen LogP contribution in [0.5, 0.6) is 0 Å². The van der Waals surface area contributed by atoms with Gasteiger partial charge in [0.25, 0.3) is 0 Å². The summed E-state index contributed by atoms with van der Waals surface area (Å²) in [5, 5.41) is 19.8. The van der Waals surface area contributed by atoms with Gasteiger partial charge in [0.2, 0.25) is 0 Å². The Morgan fingerprint density at radius 2 is 1.68 bits per heavy atom. The first-order valence-corrected chi connectivity index (χ1v) is 10.0. The van der Waals surface area contributed by atoms with E-state index in [2.05, 4.69) is 40.4 Å². The van der Waals surface area contributed by atoms with E-state index in [0.717, 1.165) is 0 Å². The first-order valence-electron chi connectivity index (χ1n) is 7.14. The van der Waals surface area contributed by atoms with E-state index in [4.69, 9.17) is 4.43 Å². The quantitative estimate of drug-likeness (QED) is 0.531. The highest BCUT2D eigenvalue weighted by atomic mass is 28.4. The number of aliphatic hydroxyl groups excluding tert-OH is 2. The maximum Gasteiger partial charge on any atom is 0.192 e. The third-order valence-electron chi connectivity index (χ3n) is 3.89. The van der Waals surface area contributed by atoms with Gasteiger partial charge in [0.15, 0.2) is 8.32 Å². The Morgan fingerprint density at radius 3 is 2.11 bits per heavy atom. The van der Waals surface area contributed by atoms with Gasteiger partial charge < -0.3 is 14.6 Å². The SMILES string of the molecule is C=CC[C@@H](O)C[C@@H](O)C[C@H](C)O[Si](C)(C)C(C)(C)C. The summed E-state index contributed by atoms with van der Waals surface area (Å²) in [5.74, 6) is 0. The van der Waals surface area contributed by atoms with Crippen LogP contribution in [0.4, 0.5) is 0 Å². The van der Waals surface area contributed by atoms with Crippen LogP contribution in [-0.2, 0) is 4.43 Å². The molecule has 0 aromatic heterocycles. The van der Waals surface area contributed by atoms with E-state index in [1.165, 1.54) is 0 Å². The normalized spacial score (nSPS) is 17.9. The molecule has 2 N–H and O–H groups in total. The van der Waals surface area contributed by atoms with Crippen LogP contribution in [0.3, 0.4) is 0 Å². The second-order valence-electron chi connectivity index (χ2n) is 6.99. The molecule has 0 rings (SSSR count). The van der Waals surface area contributed by atoms with E-state index in [9.17, 15) is 10.2 Å². The minimum Gasteiger partial charge on any atom is -0.414 e. The fourth-order valence-corrected chi connectivity index (χ4v) is 3.27. The van der Waals surface area contributed by atoms with Crippen LogP contribution >= 0.6 is 0 Å². The fourth-order valence-electron chi connectivity index (χ4n) is 1.81. The lowest BCUT2D eigenvalue weighted by Gasteiger charge is -2.39. The molecule has 0 saturated carbocycles. The lowest BCUT2D eigenvalue weighted by molar-refractivity contribution is 0.0489. The summed E-state index contributed by atoms with van der Waals surface area (Å²) in [6.07, 6.45) is 2.15. The van der Waals surface area contributed by atoms with E-state index in [1.807, 2.05) is 6.92 Å². The van der Waals surface area contributed by atoms with Gasteiger partial charge in [-0.3, -0.25) is 0 Å². The minimum absolute atomic E-state index is 0.0202. The molecule has 19 heavy (non-hydrogen) atoms. The van der Waals surface area contributed by atoms with Crippen LogP contribution in [0.1, 0.15) is 47.0 Å². The highest BCUT2D eigenvalue weighted by Crippen LogP contribution is 2.37. The molecule has 0 fully saturated rings. The van der Waals surface area contributed by atoms with Gasteiger partial charge in [-0.05, 0) is 44.3 Å². The van der Waals surface area contributed by atoms with Crippen LogP contribution in [0, 0.1) is 0 Å². The van der Waals surface area contributed by atoms with Crippen molar-refractivity contribution in [1.29, 1.82) is 0 Å². The van der Waals surface area contributed by atoms with E-state index in [0.29, 0.717) is 19.3 Å². The van der Waals surface area contributed by atoms with E-state index in [1.54, 1.807) is 6.08 Å². The summed E-state index contributed by atoms with van der Waals surface area (Å²) in [7, 11) is -1.78. The Balaban J connectivity index is 4.24. The third-order valence-corrected chi connectivity index (χ3v) is 8.49. The van der Waals surface area contributed by atoms with Gasteiger partial charge in [0, 0.05) is 6.10 Å². The summed E-state index contributed by atoms with van der Waals surface area (Å²) < 4.78 is 6.19. The van der Waals surface area contributed by atoms with Crippen LogP contribution in [0.15, 0.2) is 12.7 Å². The van der Waals surface area contributed by atoms with Crippen molar-refractivity contribution < 1.29 is 14.6 Å². The highest BCUT2D eigenvalue weighted by molar-refractivity contribution is 6.74. The van der Waals surface area contributed by atoms with Crippen molar-refractivity contribution in [2.45, 2.75) is 83.4 Å². The Labute approximate surface area is 119 Å². The summed E-state index contributed by atoms with van der Waals surface area (Å²) >= 11 is 0. The smallest absolute Gasteiger partial charge is 0.192 e. The molecular formula is C15H32O3Si. The minimum atomic E-state index is -1.78. The maximum atomic E-state index is 9.96. The first-order chi connectivity index (χ1) is 8.49. The van der Waals surface area contributed by atoms with Crippen LogP contribution in [0.2, 0.25) is 18.1 Å². The van der Waals surface area contributed by atoms with Crippen molar-refractivity contribution >= 4 is 8.32 Å². The molecule has 114 valence electrons. The molecule has 0 aromatic rings. The molecule has 0 aliphatic heterocycles. The first kappa shape index (κ1) is 18.8. The van der Waals surface area contributed by atoms with E-state index >= 15 is 0 Å². The van der Waals surface area contributed by atoms with Gasteiger partial charge in [-0.1, -0.05) is 26.8 Å². The van der Waals surface area contributed by atoms with Crippen LogP contribution < -0.4 is 0 Å². The molecule has 0 amide bonds. The number of aliphatic hydroxyl groups is 2. The monoisotopic (exact) mass is 288 g/mol. The molecule has 0 aliphatic rings. The van der Waals surface area contributed by atoms with Gasteiger partial charge in [-0.25, -0.2) is 0 Å². The van der Waals surface area contributed by atoms with Crippen molar-refractivity contribution in [2.24, 2.45) is 0 Å². The van der Waals surface area contributed by atoms with E-state index < -0.39 is 20.5 Å². The zero-order valence-corrected chi connectivity index (χ0v) is 14.4. The van der Waals surface area contributed by atoms with Crippen molar-refractivity contribution in [3.8, 4) is 0 Å². The summed E-state index contributed by atoms with van der Waals surface area (Å²) in [6.45, 7) is 16.6. The second-order valence-corrected chi connectivity index (χ2v) is 11.7. The lowest BCUT2D eigenvalue weighted by atomic mass is 10.0. The predicted molar refractivity (Wildman–Crippen MR) is 83.8 cm³/mol. The summed E-state index contributed by atoms with van der Waals surface area (Å²) in [5.41, 5.74) is 0. The Bertz CT molecular complexity index is 271. The van der Waals surface area contributed by atoms with Crippen LogP contribution in [0.25, 0.3) is 0 Å². The van der Waals surface area contributed by atoms with Gasteiger partial charge >= 0.3 is 0 Å². The molecule has 4 heteroatoms. The van der Waals surface area contributed by atoms with Gasteiger partial charge in [-0.2, -0.15) is 0 Å². The molecule has 0 bridgehead atoms. The predicted octanol–water partition coefficient (Wildman–Crippen LogP) is 3.47. The third kappa shape index (κ3) is 7.25. The molecule has 0 radical (unpaired) electrons. The molecular weight excluding hydrogens is 256 g/mol. The molecule has 3 atom stereocenters. The van der Waals surface area contributed by atoms with Crippen molar-refractivity contribution in [2.75, 3.05) is 0 Å². The Hall–Kier alpha value is -0.163. The maximum absolute atomic E-state index is 9.96. The number of hydrogen-bond donors (Lipinski definition) is 2. The van der Waals surface area contributed by atoms with Crippen molar-refractivity contribution in [1.82, 2.24) is 0 Å². The van der Waals surface area contributed by atoms with Crippen molar-refractivity contribution in [3.05, 3.63) is 12.7 Å². The topological polar surface area (TPSA) is 49.7 Å². The molecule has 0 unspecified atom stereocenters. The Kier molecular flexibility index (Phi) is 7.51. The molecule has 3 nitrogen and oxygen atoms in total. The van der Waals surface area contributed by atoms with Gasteiger partial charge in [0.1, 0.15) is 0 Å². The molecule has 0 aliphatic carbocycles. The zero-order chi connectivity index (χ0) is 15.3. The largest absolute Gasteiger partial charge is 0.414 e. The average molecular weight is 289 g/mol. The highest BCUT2D eigenvalue weighted by Gasteiger charge is 2.38. The number of hydrogen-bond acceptors (Lipinski definition) is 3. The van der Waals surface area contributed by atoms with Crippen LogP contribution in [-0.4, -0.2) is 36.8 Å².